The first-order chi connectivity index (χ1) is 12.3. The minimum Gasteiger partial charge on any atom is -0.0616 e. The summed E-state index contributed by atoms with van der Waals surface area (Å²) in [5, 5.41) is 7.84. The van der Waals surface area contributed by atoms with Crippen molar-refractivity contribution in [3.05, 3.63) is 96.6 Å². The third-order valence-corrected chi connectivity index (χ3v) is 5.18. The molecular formula is C25H18. The van der Waals surface area contributed by atoms with Gasteiger partial charge >= 0.3 is 0 Å². The van der Waals surface area contributed by atoms with Crippen LogP contribution in [-0.4, -0.2) is 0 Å². The average Bonchev–Trinajstić information content (AvgIpc) is 2.67. The van der Waals surface area contributed by atoms with E-state index >= 15 is 0 Å². The Morgan fingerprint density at radius 2 is 1.08 bits per heavy atom. The molecule has 0 heterocycles. The molecule has 0 aliphatic carbocycles. The van der Waals surface area contributed by atoms with E-state index in [4.69, 9.17) is 0 Å². The molecule has 0 atom stereocenters. The summed E-state index contributed by atoms with van der Waals surface area (Å²) in [5.41, 5.74) is 3.94. The summed E-state index contributed by atoms with van der Waals surface area (Å²) in [4.78, 5) is 0. The van der Waals surface area contributed by atoms with Crippen molar-refractivity contribution in [3.63, 3.8) is 0 Å². The van der Waals surface area contributed by atoms with Gasteiger partial charge in [-0.15, -0.1) is 0 Å². The van der Waals surface area contributed by atoms with Crippen LogP contribution in [0, 0.1) is 6.92 Å². The van der Waals surface area contributed by atoms with Crippen LogP contribution in [0.15, 0.2) is 91.0 Å². The zero-order valence-corrected chi connectivity index (χ0v) is 14.2. The molecule has 0 aromatic heterocycles. The second-order valence-corrected chi connectivity index (χ2v) is 6.70. The largest absolute Gasteiger partial charge is 0.0616 e. The number of fused-ring (bicyclic) bond motifs is 3. The summed E-state index contributed by atoms with van der Waals surface area (Å²) in [6, 6.07) is 33.0. The van der Waals surface area contributed by atoms with Crippen LogP contribution < -0.4 is 0 Å². The van der Waals surface area contributed by atoms with Crippen molar-refractivity contribution in [3.8, 4) is 11.1 Å². The summed E-state index contributed by atoms with van der Waals surface area (Å²) in [5.74, 6) is 0. The fourth-order valence-corrected chi connectivity index (χ4v) is 3.89. The third-order valence-electron chi connectivity index (χ3n) is 5.18. The molecule has 0 spiro atoms. The molecule has 0 heteroatoms. The summed E-state index contributed by atoms with van der Waals surface area (Å²) in [6.07, 6.45) is 0. The van der Waals surface area contributed by atoms with E-state index in [0.29, 0.717) is 0 Å². The van der Waals surface area contributed by atoms with Crippen molar-refractivity contribution in [1.82, 2.24) is 0 Å². The van der Waals surface area contributed by atoms with Crippen molar-refractivity contribution in [2.24, 2.45) is 0 Å². The maximum atomic E-state index is 2.33. The molecule has 5 aromatic carbocycles. The first kappa shape index (κ1) is 14.2. The molecule has 5 rings (SSSR count). The van der Waals surface area contributed by atoms with Crippen LogP contribution in [0.3, 0.4) is 0 Å². The van der Waals surface area contributed by atoms with Crippen LogP contribution in [0.25, 0.3) is 43.4 Å². The maximum absolute atomic E-state index is 2.33. The molecular weight excluding hydrogens is 300 g/mol. The number of hydrogen-bond acceptors (Lipinski definition) is 0. The van der Waals surface area contributed by atoms with Gasteiger partial charge in [0.2, 0.25) is 0 Å². The van der Waals surface area contributed by atoms with Crippen molar-refractivity contribution in [1.29, 1.82) is 0 Å². The van der Waals surface area contributed by atoms with Gasteiger partial charge in [-0.3, -0.25) is 0 Å². The van der Waals surface area contributed by atoms with Gasteiger partial charge in [0.15, 0.2) is 0 Å². The van der Waals surface area contributed by atoms with E-state index in [1.165, 1.54) is 49.0 Å². The minimum absolute atomic E-state index is 1.29. The fraction of sp³-hybridized carbons (Fsp3) is 0.0400. The minimum atomic E-state index is 1.29. The molecule has 0 aliphatic rings. The van der Waals surface area contributed by atoms with Gasteiger partial charge in [0.25, 0.3) is 0 Å². The molecule has 0 saturated carbocycles. The standard InChI is InChI=1S/C25H18/c1-17-13-14-24(22-11-5-4-10-21(17)22)23-12-6-9-20-15-18-7-2-3-8-19(18)16-25(20)23/h2-16H,1H3. The lowest BCUT2D eigenvalue weighted by Crippen LogP contribution is -1.86. The van der Waals surface area contributed by atoms with E-state index < -0.39 is 0 Å². The molecule has 0 fully saturated rings. The second-order valence-electron chi connectivity index (χ2n) is 6.70. The number of benzene rings is 5. The lowest BCUT2D eigenvalue weighted by atomic mass is 9.91. The van der Waals surface area contributed by atoms with Gasteiger partial charge in [0.05, 0.1) is 0 Å². The lowest BCUT2D eigenvalue weighted by molar-refractivity contribution is 1.53. The Morgan fingerprint density at radius 1 is 0.440 bits per heavy atom. The van der Waals surface area contributed by atoms with Crippen molar-refractivity contribution >= 4 is 32.3 Å². The quantitative estimate of drug-likeness (QED) is 0.289. The molecule has 0 N–H and O–H groups in total. The highest BCUT2D eigenvalue weighted by atomic mass is 14.1. The fourth-order valence-electron chi connectivity index (χ4n) is 3.89. The summed E-state index contributed by atoms with van der Waals surface area (Å²) in [6.45, 7) is 2.18. The Hall–Kier alpha value is -3.12. The Balaban J connectivity index is 1.90. The number of rotatable bonds is 1. The van der Waals surface area contributed by atoms with Crippen LogP contribution in [-0.2, 0) is 0 Å². The van der Waals surface area contributed by atoms with E-state index in [-0.39, 0.29) is 0 Å². The van der Waals surface area contributed by atoms with E-state index in [0.717, 1.165) is 0 Å². The molecule has 0 nitrogen and oxygen atoms in total. The monoisotopic (exact) mass is 318 g/mol. The first-order valence-corrected chi connectivity index (χ1v) is 8.71. The molecule has 118 valence electrons. The Labute approximate surface area is 147 Å². The van der Waals surface area contributed by atoms with Crippen LogP contribution in [0.2, 0.25) is 0 Å². The Kier molecular flexibility index (Phi) is 3.11. The van der Waals surface area contributed by atoms with Crippen LogP contribution >= 0.6 is 0 Å². The lowest BCUT2D eigenvalue weighted by Gasteiger charge is -2.13. The number of hydrogen-bond donors (Lipinski definition) is 0. The topological polar surface area (TPSA) is 0 Å². The van der Waals surface area contributed by atoms with Gasteiger partial charge in [0, 0.05) is 0 Å². The maximum Gasteiger partial charge on any atom is -0.00988 e. The molecule has 25 heavy (non-hydrogen) atoms. The van der Waals surface area contributed by atoms with E-state index in [1.54, 1.807) is 0 Å². The molecule has 0 radical (unpaired) electrons. The van der Waals surface area contributed by atoms with Gasteiger partial charge in [0.1, 0.15) is 0 Å². The van der Waals surface area contributed by atoms with Crippen LogP contribution in [0.1, 0.15) is 5.56 Å². The van der Waals surface area contributed by atoms with Gasteiger partial charge < -0.3 is 0 Å². The molecule has 0 saturated heterocycles. The molecule has 0 aliphatic heterocycles. The van der Waals surface area contributed by atoms with E-state index in [9.17, 15) is 0 Å². The SMILES string of the molecule is Cc1ccc(-c2cccc3cc4ccccc4cc23)c2ccccc12. The van der Waals surface area contributed by atoms with E-state index in [2.05, 4.69) is 97.9 Å². The highest BCUT2D eigenvalue weighted by Gasteiger charge is 2.09. The smallest absolute Gasteiger partial charge is 0.00988 e. The zero-order chi connectivity index (χ0) is 16.8. The average molecular weight is 318 g/mol. The van der Waals surface area contributed by atoms with Crippen LogP contribution in [0.4, 0.5) is 0 Å². The first-order valence-electron chi connectivity index (χ1n) is 8.71. The summed E-state index contributed by atoms with van der Waals surface area (Å²) < 4.78 is 0. The Morgan fingerprint density at radius 3 is 1.92 bits per heavy atom. The molecule has 5 aromatic rings. The highest BCUT2D eigenvalue weighted by molar-refractivity contribution is 6.09. The van der Waals surface area contributed by atoms with Crippen molar-refractivity contribution < 1.29 is 0 Å². The van der Waals surface area contributed by atoms with Gasteiger partial charge in [-0.2, -0.15) is 0 Å². The van der Waals surface area contributed by atoms with Gasteiger partial charge in [-0.05, 0) is 68.1 Å². The van der Waals surface area contributed by atoms with Crippen molar-refractivity contribution in [2.45, 2.75) is 6.92 Å². The zero-order valence-electron chi connectivity index (χ0n) is 14.2. The molecule has 0 unspecified atom stereocenters. The third kappa shape index (κ3) is 2.22. The summed E-state index contributed by atoms with van der Waals surface area (Å²) >= 11 is 0. The normalized spacial score (nSPS) is 11.4. The summed E-state index contributed by atoms with van der Waals surface area (Å²) in [7, 11) is 0. The number of aryl methyl sites for hydroxylation is 1. The van der Waals surface area contributed by atoms with Crippen molar-refractivity contribution in [2.75, 3.05) is 0 Å². The van der Waals surface area contributed by atoms with Crippen LogP contribution in [0.5, 0.6) is 0 Å². The second kappa shape index (κ2) is 5.46. The molecule has 0 bridgehead atoms. The Bertz CT molecular complexity index is 1250. The predicted molar refractivity (Wildman–Crippen MR) is 109 cm³/mol. The van der Waals surface area contributed by atoms with Gasteiger partial charge in [-0.1, -0.05) is 78.9 Å². The molecule has 0 amide bonds. The predicted octanol–water partition coefficient (Wildman–Crippen LogP) is 7.12. The van der Waals surface area contributed by atoms with E-state index in [1.807, 2.05) is 0 Å². The highest BCUT2D eigenvalue weighted by Crippen LogP contribution is 2.36. The van der Waals surface area contributed by atoms with Gasteiger partial charge in [-0.25, -0.2) is 0 Å².